The number of likely N-dealkylation sites (N-methyl/N-ethyl adjacent to an activating group) is 1. The average Bonchev–Trinajstić information content (AvgIpc) is 3.15. The third kappa shape index (κ3) is 4.91. The first kappa shape index (κ1) is 18.6. The molecule has 26 heavy (non-hydrogen) atoms. The maximum Gasteiger partial charge on any atom is 0.236 e. The number of carbonyl (C=O) groups excluding carboxylic acids is 1. The molecule has 0 aliphatic carbocycles. The Morgan fingerprint density at radius 2 is 2.19 bits per heavy atom. The fraction of sp³-hybridized carbons (Fsp3) is 0.500. The fourth-order valence-corrected chi connectivity index (χ4v) is 3.64. The first-order valence-electron chi connectivity index (χ1n) is 9.30. The molecule has 0 N–H and O–H groups in total. The molecule has 3 rings (SSSR count). The largest absolute Gasteiger partial charge is 0.339 e. The van der Waals surface area contributed by atoms with Crippen molar-refractivity contribution in [1.82, 2.24) is 19.4 Å². The number of hydrogen-bond donors (Lipinski definition) is 0. The van der Waals surface area contributed by atoms with Gasteiger partial charge in [0, 0.05) is 43.6 Å². The molecule has 140 valence electrons. The molecule has 0 spiro atoms. The summed E-state index contributed by atoms with van der Waals surface area (Å²) < 4.78 is 15.9. The van der Waals surface area contributed by atoms with Gasteiger partial charge in [-0.3, -0.25) is 9.69 Å². The van der Waals surface area contributed by atoms with E-state index in [4.69, 9.17) is 0 Å². The van der Waals surface area contributed by atoms with Crippen LogP contribution >= 0.6 is 0 Å². The normalized spacial score (nSPS) is 17.7. The van der Waals surface area contributed by atoms with Crippen molar-refractivity contribution in [1.29, 1.82) is 0 Å². The molecule has 0 unspecified atom stereocenters. The van der Waals surface area contributed by atoms with E-state index in [0.717, 1.165) is 32.4 Å². The van der Waals surface area contributed by atoms with Gasteiger partial charge in [-0.15, -0.1) is 0 Å². The van der Waals surface area contributed by atoms with Gasteiger partial charge in [-0.25, -0.2) is 9.37 Å². The number of benzene rings is 1. The van der Waals surface area contributed by atoms with Gasteiger partial charge in [-0.05, 0) is 38.8 Å². The molecular weight excluding hydrogens is 331 g/mol. The van der Waals surface area contributed by atoms with E-state index in [1.54, 1.807) is 18.3 Å². The van der Waals surface area contributed by atoms with Gasteiger partial charge in [0.15, 0.2) is 0 Å². The topological polar surface area (TPSA) is 41.4 Å². The van der Waals surface area contributed by atoms with Gasteiger partial charge in [0.05, 0.1) is 12.9 Å². The summed E-state index contributed by atoms with van der Waals surface area (Å²) in [5.41, 5.74) is 0.623. The monoisotopic (exact) mass is 358 g/mol. The van der Waals surface area contributed by atoms with Crippen LogP contribution in [-0.4, -0.2) is 51.4 Å². The molecule has 2 aromatic rings. The van der Waals surface area contributed by atoms with Crippen LogP contribution in [0.3, 0.4) is 0 Å². The van der Waals surface area contributed by atoms with Crippen molar-refractivity contribution in [3.63, 3.8) is 0 Å². The number of piperidine rings is 1. The number of hydrogen-bond acceptors (Lipinski definition) is 3. The van der Waals surface area contributed by atoms with Crippen molar-refractivity contribution in [3.05, 3.63) is 54.4 Å². The summed E-state index contributed by atoms with van der Waals surface area (Å²) in [4.78, 5) is 20.8. The smallest absolute Gasteiger partial charge is 0.236 e. The Balaban J connectivity index is 1.54. The number of carbonyl (C=O) groups is 1. The Morgan fingerprint density at radius 1 is 1.35 bits per heavy atom. The van der Waals surface area contributed by atoms with E-state index in [0.29, 0.717) is 18.7 Å². The van der Waals surface area contributed by atoms with Crippen LogP contribution in [-0.2, 0) is 17.9 Å². The van der Waals surface area contributed by atoms with Crippen LogP contribution in [0.2, 0.25) is 0 Å². The molecule has 1 atom stereocenters. The minimum Gasteiger partial charge on any atom is -0.339 e. The predicted molar refractivity (Wildman–Crippen MR) is 98.9 cm³/mol. The van der Waals surface area contributed by atoms with E-state index in [-0.39, 0.29) is 17.8 Å². The lowest BCUT2D eigenvalue weighted by Gasteiger charge is -2.37. The van der Waals surface area contributed by atoms with Gasteiger partial charge in [0.1, 0.15) is 5.82 Å². The lowest BCUT2D eigenvalue weighted by molar-refractivity contribution is -0.136. The molecule has 1 aliphatic heterocycles. The van der Waals surface area contributed by atoms with Crippen LogP contribution in [0.5, 0.6) is 0 Å². The van der Waals surface area contributed by atoms with E-state index >= 15 is 0 Å². The minimum atomic E-state index is -0.219. The standard InChI is InChI=1S/C20H27FN4O/c1-23(14-17-6-2-3-8-19(17)21)15-20(26)25-11-5-4-7-18(25)9-12-24-13-10-22-16-24/h2-3,6,8,10,13,16,18H,4-5,7,9,11-12,14-15H2,1H3/t18-/m1/s1. The maximum absolute atomic E-state index is 13.8. The molecule has 1 fully saturated rings. The van der Waals surface area contributed by atoms with Crippen molar-refractivity contribution < 1.29 is 9.18 Å². The third-order valence-corrected chi connectivity index (χ3v) is 5.03. The zero-order valence-corrected chi connectivity index (χ0v) is 15.4. The molecule has 1 saturated heterocycles. The highest BCUT2D eigenvalue weighted by atomic mass is 19.1. The van der Waals surface area contributed by atoms with E-state index in [9.17, 15) is 9.18 Å². The van der Waals surface area contributed by atoms with Crippen LogP contribution in [0.4, 0.5) is 4.39 Å². The summed E-state index contributed by atoms with van der Waals surface area (Å²) in [6.45, 7) is 2.45. The second-order valence-corrected chi connectivity index (χ2v) is 7.09. The Bertz CT molecular complexity index is 704. The highest BCUT2D eigenvalue weighted by Crippen LogP contribution is 2.21. The number of halogens is 1. The molecule has 0 saturated carbocycles. The molecule has 0 radical (unpaired) electrons. The summed E-state index contributed by atoms with van der Waals surface area (Å²) in [5.74, 6) is -0.0813. The second-order valence-electron chi connectivity index (χ2n) is 7.09. The van der Waals surface area contributed by atoms with Crippen LogP contribution in [0, 0.1) is 5.82 Å². The van der Waals surface area contributed by atoms with Gasteiger partial charge in [0.25, 0.3) is 0 Å². The Labute approximate surface area is 154 Å². The molecule has 2 heterocycles. The van der Waals surface area contributed by atoms with E-state index < -0.39 is 0 Å². The quantitative estimate of drug-likeness (QED) is 0.764. The van der Waals surface area contributed by atoms with E-state index in [2.05, 4.69) is 9.55 Å². The molecule has 5 nitrogen and oxygen atoms in total. The number of aryl methyl sites for hydroxylation is 1. The van der Waals surface area contributed by atoms with Gasteiger partial charge in [-0.1, -0.05) is 18.2 Å². The van der Waals surface area contributed by atoms with Crippen LogP contribution in [0.25, 0.3) is 0 Å². The molecule has 6 heteroatoms. The molecule has 1 aliphatic rings. The fourth-order valence-electron chi connectivity index (χ4n) is 3.64. The first-order valence-corrected chi connectivity index (χ1v) is 9.30. The van der Waals surface area contributed by atoms with Gasteiger partial charge >= 0.3 is 0 Å². The highest BCUT2D eigenvalue weighted by Gasteiger charge is 2.27. The molecular formula is C20H27FN4O. The summed E-state index contributed by atoms with van der Waals surface area (Å²) in [6.07, 6.45) is 9.78. The SMILES string of the molecule is CN(CC(=O)N1CCCC[C@@H]1CCn1ccnc1)Cc1ccccc1F. The predicted octanol–water partition coefficient (Wildman–Crippen LogP) is 2.93. The van der Waals surface area contributed by atoms with Crippen LogP contribution in [0.1, 0.15) is 31.2 Å². The average molecular weight is 358 g/mol. The zero-order chi connectivity index (χ0) is 18.4. The zero-order valence-electron chi connectivity index (χ0n) is 15.4. The minimum absolute atomic E-state index is 0.138. The number of rotatable bonds is 7. The van der Waals surface area contributed by atoms with Crippen LogP contribution in [0.15, 0.2) is 43.0 Å². The van der Waals surface area contributed by atoms with Crippen molar-refractivity contribution in [2.45, 2.75) is 44.8 Å². The molecule has 0 bridgehead atoms. The number of aromatic nitrogens is 2. The summed E-state index contributed by atoms with van der Waals surface area (Å²) in [7, 11) is 1.87. The van der Waals surface area contributed by atoms with Crippen molar-refractivity contribution in [3.8, 4) is 0 Å². The third-order valence-electron chi connectivity index (χ3n) is 5.03. The van der Waals surface area contributed by atoms with Gasteiger partial charge in [-0.2, -0.15) is 0 Å². The van der Waals surface area contributed by atoms with Crippen molar-refractivity contribution in [2.75, 3.05) is 20.1 Å². The second kappa shape index (κ2) is 8.94. The Hall–Kier alpha value is -2.21. The maximum atomic E-state index is 13.8. The Kier molecular flexibility index (Phi) is 6.39. The lowest BCUT2D eigenvalue weighted by Crippen LogP contribution is -2.47. The summed E-state index contributed by atoms with van der Waals surface area (Å²) >= 11 is 0. The van der Waals surface area contributed by atoms with Gasteiger partial charge < -0.3 is 9.47 Å². The summed E-state index contributed by atoms with van der Waals surface area (Å²) in [6, 6.07) is 7.01. The molecule has 1 aromatic heterocycles. The number of likely N-dealkylation sites (tertiary alicyclic amines) is 1. The van der Waals surface area contributed by atoms with Crippen molar-refractivity contribution >= 4 is 5.91 Å². The summed E-state index contributed by atoms with van der Waals surface area (Å²) in [5, 5.41) is 0. The highest BCUT2D eigenvalue weighted by molar-refractivity contribution is 5.78. The van der Waals surface area contributed by atoms with E-state index in [1.165, 1.54) is 12.5 Å². The number of imidazole rings is 1. The van der Waals surface area contributed by atoms with Crippen LogP contribution < -0.4 is 0 Å². The molecule has 1 aromatic carbocycles. The first-order chi connectivity index (χ1) is 12.6. The lowest BCUT2D eigenvalue weighted by atomic mass is 9.99. The molecule has 1 amide bonds. The Morgan fingerprint density at radius 3 is 2.96 bits per heavy atom. The van der Waals surface area contributed by atoms with E-state index in [1.807, 2.05) is 35.4 Å². The van der Waals surface area contributed by atoms with Crippen molar-refractivity contribution in [2.24, 2.45) is 0 Å². The number of nitrogens with zero attached hydrogens (tertiary/aromatic N) is 4. The number of amides is 1. The van der Waals surface area contributed by atoms with Gasteiger partial charge in [0.2, 0.25) is 5.91 Å².